The van der Waals surface area contributed by atoms with Gasteiger partial charge >= 0.3 is 10.1 Å². The van der Waals surface area contributed by atoms with E-state index in [1.54, 1.807) is 24.3 Å². The molecule has 0 aliphatic rings. The highest BCUT2D eigenvalue weighted by Crippen LogP contribution is 2.22. The SMILES string of the molecule is COc1ccc(S(=O)(=O)Oc2ccc(/C=C(\C#N)C(=O)Nc3cccc(Cl)c3)cc2)cc1. The Labute approximate surface area is 190 Å². The summed E-state index contributed by atoms with van der Waals surface area (Å²) in [4.78, 5) is 12.3. The van der Waals surface area contributed by atoms with Gasteiger partial charge in [-0.15, -0.1) is 0 Å². The van der Waals surface area contributed by atoms with Crippen molar-refractivity contribution >= 4 is 39.4 Å². The van der Waals surface area contributed by atoms with Crippen molar-refractivity contribution in [1.82, 2.24) is 0 Å². The van der Waals surface area contributed by atoms with Crippen molar-refractivity contribution in [1.29, 1.82) is 5.26 Å². The Morgan fingerprint density at radius 3 is 2.28 bits per heavy atom. The molecule has 0 unspecified atom stereocenters. The van der Waals surface area contributed by atoms with Crippen LogP contribution in [0, 0.1) is 11.3 Å². The molecule has 0 bridgehead atoms. The minimum atomic E-state index is -4.03. The molecular formula is C23H17ClN2O5S. The molecule has 162 valence electrons. The Hall–Kier alpha value is -3.80. The minimum absolute atomic E-state index is 0.0216. The lowest BCUT2D eigenvalue weighted by atomic mass is 10.1. The van der Waals surface area contributed by atoms with Gasteiger partial charge in [-0.1, -0.05) is 29.8 Å². The quantitative estimate of drug-likeness (QED) is 0.307. The van der Waals surface area contributed by atoms with E-state index < -0.39 is 16.0 Å². The zero-order chi connectivity index (χ0) is 23.1. The van der Waals surface area contributed by atoms with Crippen LogP contribution < -0.4 is 14.2 Å². The second-order valence-corrected chi connectivity index (χ2v) is 8.40. The number of anilines is 1. The van der Waals surface area contributed by atoms with Crippen molar-refractivity contribution in [2.45, 2.75) is 4.90 Å². The first-order valence-electron chi connectivity index (χ1n) is 9.18. The van der Waals surface area contributed by atoms with Gasteiger partial charge in [0.2, 0.25) is 0 Å². The molecule has 0 atom stereocenters. The number of amides is 1. The standard InChI is InChI=1S/C23H17ClN2O5S/c1-30-20-9-11-22(12-10-20)32(28,29)31-21-7-5-16(6-8-21)13-17(15-25)23(27)26-19-4-2-3-18(24)14-19/h2-14H,1H3,(H,26,27)/b17-13+. The second-order valence-electron chi connectivity index (χ2n) is 6.42. The number of ether oxygens (including phenoxy) is 1. The third-order valence-corrected chi connectivity index (χ3v) is 5.69. The monoisotopic (exact) mass is 468 g/mol. The molecule has 0 fully saturated rings. The highest BCUT2D eigenvalue weighted by atomic mass is 35.5. The van der Waals surface area contributed by atoms with Gasteiger partial charge in [-0.25, -0.2) is 0 Å². The summed E-state index contributed by atoms with van der Waals surface area (Å²) in [6.07, 6.45) is 1.38. The molecule has 7 nitrogen and oxygen atoms in total. The van der Waals surface area contributed by atoms with Gasteiger partial charge < -0.3 is 14.2 Å². The predicted molar refractivity (Wildman–Crippen MR) is 121 cm³/mol. The van der Waals surface area contributed by atoms with Gasteiger partial charge in [0.05, 0.1) is 7.11 Å². The Bertz CT molecular complexity index is 1300. The first kappa shape index (κ1) is 22.9. The number of benzene rings is 3. The van der Waals surface area contributed by atoms with Crippen LogP contribution in [0.25, 0.3) is 6.08 Å². The van der Waals surface area contributed by atoms with Crippen molar-refractivity contribution in [3.8, 4) is 17.6 Å². The predicted octanol–water partition coefficient (Wildman–Crippen LogP) is 4.66. The normalized spacial score (nSPS) is 11.3. The van der Waals surface area contributed by atoms with Gasteiger partial charge in [0.25, 0.3) is 5.91 Å². The van der Waals surface area contributed by atoms with Gasteiger partial charge in [0, 0.05) is 10.7 Å². The van der Waals surface area contributed by atoms with Gasteiger partial charge in [0.15, 0.2) is 0 Å². The van der Waals surface area contributed by atoms with Gasteiger partial charge in [-0.05, 0) is 66.2 Å². The zero-order valence-corrected chi connectivity index (χ0v) is 18.4. The first-order valence-corrected chi connectivity index (χ1v) is 11.0. The molecule has 0 saturated carbocycles. The van der Waals surface area contributed by atoms with Crippen LogP contribution in [0.5, 0.6) is 11.5 Å². The number of carbonyl (C=O) groups is 1. The summed E-state index contributed by atoms with van der Waals surface area (Å²) < 4.78 is 35.0. The molecule has 1 amide bonds. The molecule has 3 aromatic rings. The van der Waals surface area contributed by atoms with Crippen LogP contribution in [0.4, 0.5) is 5.69 Å². The molecule has 0 saturated heterocycles. The van der Waals surface area contributed by atoms with E-state index in [1.165, 1.54) is 61.7 Å². The molecule has 1 N–H and O–H groups in total. The average Bonchev–Trinajstić information content (AvgIpc) is 2.78. The number of hydrogen-bond acceptors (Lipinski definition) is 6. The Kier molecular flexibility index (Phi) is 7.15. The van der Waals surface area contributed by atoms with Crippen LogP contribution in [0.1, 0.15) is 5.56 Å². The molecule has 3 rings (SSSR count). The molecule has 32 heavy (non-hydrogen) atoms. The van der Waals surface area contributed by atoms with E-state index in [9.17, 15) is 18.5 Å². The fourth-order valence-electron chi connectivity index (χ4n) is 2.62. The van der Waals surface area contributed by atoms with E-state index in [2.05, 4.69) is 5.32 Å². The topological polar surface area (TPSA) is 105 Å². The van der Waals surface area contributed by atoms with Gasteiger partial charge in [0.1, 0.15) is 28.0 Å². The third-order valence-electron chi connectivity index (χ3n) is 4.19. The van der Waals surface area contributed by atoms with Crippen LogP contribution in [-0.2, 0) is 14.9 Å². The summed E-state index contributed by atoms with van der Waals surface area (Å²) in [7, 11) is -2.55. The number of nitrogens with one attached hydrogen (secondary N) is 1. The maximum atomic E-state index is 12.4. The largest absolute Gasteiger partial charge is 0.497 e. The first-order chi connectivity index (χ1) is 15.3. The number of carbonyl (C=O) groups excluding carboxylic acids is 1. The molecule has 0 aliphatic heterocycles. The number of halogens is 1. The van der Waals surface area contributed by atoms with E-state index >= 15 is 0 Å². The summed E-state index contributed by atoms with van der Waals surface area (Å²) in [5, 5.41) is 12.4. The van der Waals surface area contributed by atoms with E-state index in [-0.39, 0.29) is 16.2 Å². The van der Waals surface area contributed by atoms with E-state index in [0.717, 1.165) is 0 Å². The summed E-state index contributed by atoms with van der Waals surface area (Å²) in [6.45, 7) is 0. The fourth-order valence-corrected chi connectivity index (χ4v) is 3.74. The second kappa shape index (κ2) is 10.0. The van der Waals surface area contributed by atoms with Gasteiger partial charge in [-0.3, -0.25) is 4.79 Å². The lowest BCUT2D eigenvalue weighted by Gasteiger charge is -2.08. The fraction of sp³-hybridized carbons (Fsp3) is 0.0435. The Morgan fingerprint density at radius 1 is 1.03 bits per heavy atom. The van der Waals surface area contributed by atoms with Crippen molar-refractivity contribution in [2.75, 3.05) is 12.4 Å². The van der Waals surface area contributed by atoms with Crippen LogP contribution in [0.15, 0.2) is 83.3 Å². The lowest BCUT2D eigenvalue weighted by Crippen LogP contribution is -2.13. The number of hydrogen-bond donors (Lipinski definition) is 1. The molecular weight excluding hydrogens is 452 g/mol. The van der Waals surface area contributed by atoms with Crippen LogP contribution in [0.3, 0.4) is 0 Å². The van der Waals surface area contributed by atoms with Crippen molar-refractivity contribution in [3.63, 3.8) is 0 Å². The minimum Gasteiger partial charge on any atom is -0.497 e. The van der Waals surface area contributed by atoms with Crippen LogP contribution in [-0.4, -0.2) is 21.4 Å². The molecule has 0 aromatic heterocycles. The number of nitriles is 1. The number of rotatable bonds is 7. The van der Waals surface area contributed by atoms with Crippen molar-refractivity contribution < 1.29 is 22.1 Å². The Balaban J connectivity index is 1.72. The smallest absolute Gasteiger partial charge is 0.339 e. The van der Waals surface area contributed by atoms with Crippen LogP contribution in [0.2, 0.25) is 5.02 Å². The van der Waals surface area contributed by atoms with E-state index in [1.807, 2.05) is 6.07 Å². The summed E-state index contributed by atoms with van der Waals surface area (Å²) in [6, 6.07) is 20.1. The maximum absolute atomic E-state index is 12.4. The molecule has 0 aliphatic carbocycles. The molecule has 3 aromatic carbocycles. The van der Waals surface area contributed by atoms with Gasteiger partial charge in [-0.2, -0.15) is 13.7 Å². The third kappa shape index (κ3) is 5.88. The van der Waals surface area contributed by atoms with E-state index in [0.29, 0.717) is 22.0 Å². The maximum Gasteiger partial charge on any atom is 0.339 e. The highest BCUT2D eigenvalue weighted by molar-refractivity contribution is 7.87. The average molecular weight is 469 g/mol. The number of nitrogens with zero attached hydrogens (tertiary/aromatic N) is 1. The van der Waals surface area contributed by atoms with Crippen molar-refractivity contribution in [3.05, 3.63) is 89.0 Å². The van der Waals surface area contributed by atoms with E-state index in [4.69, 9.17) is 20.5 Å². The molecule has 0 radical (unpaired) electrons. The van der Waals surface area contributed by atoms with Crippen molar-refractivity contribution in [2.24, 2.45) is 0 Å². The number of methoxy groups -OCH3 is 1. The van der Waals surface area contributed by atoms with Crippen LogP contribution >= 0.6 is 11.6 Å². The Morgan fingerprint density at radius 2 is 1.69 bits per heavy atom. The summed E-state index contributed by atoms with van der Waals surface area (Å²) >= 11 is 5.89. The zero-order valence-electron chi connectivity index (χ0n) is 16.8. The lowest BCUT2D eigenvalue weighted by molar-refractivity contribution is -0.112. The molecule has 0 heterocycles. The molecule has 0 spiro atoms. The highest BCUT2D eigenvalue weighted by Gasteiger charge is 2.17. The summed E-state index contributed by atoms with van der Waals surface area (Å²) in [5.41, 5.74) is 0.831. The molecule has 9 heteroatoms. The summed E-state index contributed by atoms with van der Waals surface area (Å²) in [5.74, 6) is 0.00446.